The maximum atomic E-state index is 11.9. The lowest BCUT2D eigenvalue weighted by Crippen LogP contribution is -2.62. The van der Waals surface area contributed by atoms with Crippen LogP contribution in [0.4, 0.5) is 4.79 Å². The molecule has 0 saturated carbocycles. The minimum absolute atomic E-state index is 0.214. The van der Waals surface area contributed by atoms with Crippen LogP contribution in [0, 0.1) is 0 Å². The van der Waals surface area contributed by atoms with E-state index >= 15 is 0 Å². The van der Waals surface area contributed by atoms with Gasteiger partial charge in [0.05, 0.1) is 13.1 Å². The van der Waals surface area contributed by atoms with E-state index < -0.39 is 17.3 Å². The van der Waals surface area contributed by atoms with Crippen molar-refractivity contribution >= 4 is 6.09 Å². The van der Waals surface area contributed by atoms with Gasteiger partial charge in [-0.3, -0.25) is 0 Å². The van der Waals surface area contributed by atoms with Gasteiger partial charge in [-0.05, 0) is 34.6 Å². The SMILES string of the molecule is CC(C)n1ccnc1C1(O)CN(C(=O)OC(C)(C)C)C1. The van der Waals surface area contributed by atoms with Crippen molar-refractivity contribution < 1.29 is 14.6 Å². The van der Waals surface area contributed by atoms with Gasteiger partial charge in [-0.25, -0.2) is 9.78 Å². The number of carbonyl (C=O) groups is 1. The molecule has 0 aliphatic carbocycles. The molecule has 0 radical (unpaired) electrons. The third-order valence-electron chi connectivity index (χ3n) is 3.20. The Hall–Kier alpha value is -1.56. The van der Waals surface area contributed by atoms with E-state index in [-0.39, 0.29) is 19.1 Å². The number of nitrogens with zero attached hydrogens (tertiary/aromatic N) is 3. The van der Waals surface area contributed by atoms with Crippen molar-refractivity contribution in [3.8, 4) is 0 Å². The molecule has 2 rings (SSSR count). The molecule has 6 nitrogen and oxygen atoms in total. The predicted octanol–water partition coefficient (Wildman–Crippen LogP) is 1.90. The van der Waals surface area contributed by atoms with E-state index in [0.717, 1.165) is 0 Å². The molecule has 1 aromatic rings. The first-order valence-corrected chi connectivity index (χ1v) is 6.86. The summed E-state index contributed by atoms with van der Waals surface area (Å²) in [4.78, 5) is 17.6. The Labute approximate surface area is 119 Å². The standard InChI is InChI=1S/C14H23N3O3/c1-10(2)17-7-6-15-11(17)14(19)8-16(9-14)12(18)20-13(3,4)5/h6-7,10,19H,8-9H2,1-5H3. The fourth-order valence-electron chi connectivity index (χ4n) is 2.27. The number of likely N-dealkylation sites (tertiary alicyclic amines) is 1. The highest BCUT2D eigenvalue weighted by molar-refractivity contribution is 5.69. The van der Waals surface area contributed by atoms with Gasteiger partial charge in [-0.1, -0.05) is 0 Å². The summed E-state index contributed by atoms with van der Waals surface area (Å²) in [5, 5.41) is 10.6. The van der Waals surface area contributed by atoms with Crippen molar-refractivity contribution in [3.05, 3.63) is 18.2 Å². The molecule has 20 heavy (non-hydrogen) atoms. The predicted molar refractivity (Wildman–Crippen MR) is 74.3 cm³/mol. The Balaban J connectivity index is 2.04. The third-order valence-corrected chi connectivity index (χ3v) is 3.20. The van der Waals surface area contributed by atoms with Gasteiger partial charge >= 0.3 is 6.09 Å². The summed E-state index contributed by atoms with van der Waals surface area (Å²) >= 11 is 0. The highest BCUT2D eigenvalue weighted by Gasteiger charge is 2.49. The Kier molecular flexibility index (Phi) is 3.54. The average molecular weight is 281 g/mol. The molecular formula is C14H23N3O3. The van der Waals surface area contributed by atoms with Crippen LogP contribution in [0.3, 0.4) is 0 Å². The number of carbonyl (C=O) groups excluding carboxylic acids is 1. The number of hydrogen-bond acceptors (Lipinski definition) is 4. The normalized spacial score (nSPS) is 18.1. The maximum Gasteiger partial charge on any atom is 0.410 e. The summed E-state index contributed by atoms with van der Waals surface area (Å²) in [5.41, 5.74) is -1.61. The van der Waals surface area contributed by atoms with E-state index in [1.165, 1.54) is 4.90 Å². The molecule has 2 heterocycles. The number of ether oxygens (including phenoxy) is 1. The summed E-state index contributed by atoms with van der Waals surface area (Å²) in [6.45, 7) is 9.95. The van der Waals surface area contributed by atoms with Gasteiger partial charge in [-0.2, -0.15) is 0 Å². The van der Waals surface area contributed by atoms with Crippen molar-refractivity contribution in [2.75, 3.05) is 13.1 Å². The molecule has 0 aromatic carbocycles. The van der Waals surface area contributed by atoms with E-state index in [2.05, 4.69) is 4.98 Å². The molecular weight excluding hydrogens is 258 g/mol. The second-order valence-electron chi connectivity index (χ2n) is 6.62. The number of aromatic nitrogens is 2. The van der Waals surface area contributed by atoms with Crippen molar-refractivity contribution in [2.24, 2.45) is 0 Å². The van der Waals surface area contributed by atoms with Crippen molar-refractivity contribution in [1.29, 1.82) is 0 Å². The van der Waals surface area contributed by atoms with E-state index in [1.807, 2.05) is 45.4 Å². The smallest absolute Gasteiger partial charge is 0.410 e. The van der Waals surface area contributed by atoms with Crippen LogP contribution >= 0.6 is 0 Å². The van der Waals surface area contributed by atoms with E-state index in [9.17, 15) is 9.90 Å². The van der Waals surface area contributed by atoms with Crippen LogP contribution in [0.1, 0.15) is 46.5 Å². The number of imidazole rings is 1. The van der Waals surface area contributed by atoms with E-state index in [1.54, 1.807) is 6.20 Å². The molecule has 0 atom stereocenters. The molecule has 1 N–H and O–H groups in total. The van der Waals surface area contributed by atoms with Gasteiger partial charge in [0.2, 0.25) is 0 Å². The van der Waals surface area contributed by atoms with E-state index in [4.69, 9.17) is 4.74 Å². The van der Waals surface area contributed by atoms with Gasteiger partial charge in [-0.15, -0.1) is 0 Å². The fourth-order valence-corrected chi connectivity index (χ4v) is 2.27. The lowest BCUT2D eigenvalue weighted by atomic mass is 9.93. The van der Waals surface area contributed by atoms with Gasteiger partial charge < -0.3 is 19.3 Å². The minimum atomic E-state index is -1.08. The molecule has 1 aromatic heterocycles. The monoisotopic (exact) mass is 281 g/mol. The summed E-state index contributed by atoms with van der Waals surface area (Å²) < 4.78 is 7.20. The van der Waals surface area contributed by atoms with Crippen LogP contribution in [-0.4, -0.2) is 44.3 Å². The van der Waals surface area contributed by atoms with Crippen molar-refractivity contribution in [2.45, 2.75) is 51.9 Å². The van der Waals surface area contributed by atoms with Gasteiger partial charge in [0.25, 0.3) is 0 Å². The van der Waals surface area contributed by atoms with Crippen molar-refractivity contribution in [3.63, 3.8) is 0 Å². The van der Waals surface area contributed by atoms with E-state index in [0.29, 0.717) is 5.82 Å². The minimum Gasteiger partial charge on any atom is -0.444 e. The first kappa shape index (κ1) is 14.8. The molecule has 0 unspecified atom stereocenters. The summed E-state index contributed by atoms with van der Waals surface area (Å²) in [6.07, 6.45) is 3.11. The van der Waals surface area contributed by atoms with Crippen LogP contribution in [0.15, 0.2) is 12.4 Å². The highest BCUT2D eigenvalue weighted by Crippen LogP contribution is 2.33. The number of hydrogen-bond donors (Lipinski definition) is 1. The molecule has 1 saturated heterocycles. The quantitative estimate of drug-likeness (QED) is 0.899. The molecule has 1 fully saturated rings. The topological polar surface area (TPSA) is 67.6 Å². The first-order chi connectivity index (χ1) is 9.12. The molecule has 1 aliphatic rings. The van der Waals surface area contributed by atoms with Crippen LogP contribution in [0.25, 0.3) is 0 Å². The molecule has 1 amide bonds. The number of amides is 1. The first-order valence-electron chi connectivity index (χ1n) is 6.86. The van der Waals surface area contributed by atoms with Crippen LogP contribution in [-0.2, 0) is 10.3 Å². The summed E-state index contributed by atoms with van der Waals surface area (Å²) in [5.74, 6) is 0.604. The Bertz CT molecular complexity index is 496. The lowest BCUT2D eigenvalue weighted by molar-refractivity contribution is -0.110. The summed E-state index contributed by atoms with van der Waals surface area (Å²) in [6, 6.07) is 0.215. The molecule has 6 heteroatoms. The highest BCUT2D eigenvalue weighted by atomic mass is 16.6. The molecule has 0 spiro atoms. The Morgan fingerprint density at radius 3 is 2.55 bits per heavy atom. The van der Waals surface area contributed by atoms with Gasteiger partial charge in [0, 0.05) is 18.4 Å². The fraction of sp³-hybridized carbons (Fsp3) is 0.714. The second kappa shape index (κ2) is 4.77. The zero-order valence-electron chi connectivity index (χ0n) is 12.8. The van der Waals surface area contributed by atoms with Crippen LogP contribution < -0.4 is 0 Å². The Morgan fingerprint density at radius 1 is 1.45 bits per heavy atom. The average Bonchev–Trinajstić information content (AvgIpc) is 2.71. The summed E-state index contributed by atoms with van der Waals surface area (Å²) in [7, 11) is 0. The van der Waals surface area contributed by atoms with Crippen LogP contribution in [0.2, 0.25) is 0 Å². The number of β-amino-alcohol motifs (C(OH)–C–C–N with tert-alkyl or cyclic N) is 1. The van der Waals surface area contributed by atoms with Crippen LogP contribution in [0.5, 0.6) is 0 Å². The second-order valence-corrected chi connectivity index (χ2v) is 6.62. The zero-order valence-corrected chi connectivity index (χ0v) is 12.8. The largest absolute Gasteiger partial charge is 0.444 e. The van der Waals surface area contributed by atoms with Gasteiger partial charge in [0.1, 0.15) is 11.4 Å². The number of rotatable bonds is 2. The lowest BCUT2D eigenvalue weighted by Gasteiger charge is -2.45. The Morgan fingerprint density at radius 2 is 2.05 bits per heavy atom. The van der Waals surface area contributed by atoms with Crippen molar-refractivity contribution in [1.82, 2.24) is 14.5 Å². The molecule has 1 aliphatic heterocycles. The molecule has 0 bridgehead atoms. The maximum absolute atomic E-state index is 11.9. The zero-order chi connectivity index (χ0) is 15.1. The third kappa shape index (κ3) is 2.80. The number of aliphatic hydroxyl groups is 1. The molecule has 112 valence electrons. The van der Waals surface area contributed by atoms with Gasteiger partial charge in [0.15, 0.2) is 5.60 Å².